The van der Waals surface area contributed by atoms with Crippen LogP contribution < -0.4 is 0 Å². The largest absolute Gasteiger partial charge is 0.456 e. The number of aromatic nitrogens is 2. The third-order valence-electron chi connectivity index (χ3n) is 10.2. The number of hydrogen-bond donors (Lipinski definition) is 0. The van der Waals surface area contributed by atoms with Gasteiger partial charge in [-0.05, 0) is 70.5 Å². The lowest BCUT2D eigenvalue weighted by atomic mass is 9.80. The molecular formula is C49H36N2O. The molecule has 0 aliphatic heterocycles. The molecule has 0 spiro atoms. The highest BCUT2D eigenvalue weighted by Crippen LogP contribution is 2.47. The summed E-state index contributed by atoms with van der Waals surface area (Å²) in [6.07, 6.45) is 6.89. The molecule has 2 heterocycles. The molecule has 0 fully saturated rings. The van der Waals surface area contributed by atoms with Gasteiger partial charge < -0.3 is 4.42 Å². The van der Waals surface area contributed by atoms with E-state index in [2.05, 4.69) is 158 Å². The summed E-state index contributed by atoms with van der Waals surface area (Å²) in [6.45, 7) is 6.15. The number of benzene rings is 6. The molecule has 0 saturated heterocycles. The highest BCUT2D eigenvalue weighted by Gasteiger charge is 2.32. The molecule has 0 bridgehead atoms. The van der Waals surface area contributed by atoms with Gasteiger partial charge in [0.25, 0.3) is 0 Å². The lowest BCUT2D eigenvalue weighted by molar-refractivity contribution is 0.611. The zero-order valence-electron chi connectivity index (χ0n) is 29.0. The normalized spacial score (nSPS) is 13.6. The van der Waals surface area contributed by atoms with Crippen molar-refractivity contribution in [2.75, 3.05) is 0 Å². The van der Waals surface area contributed by atoms with E-state index in [0.29, 0.717) is 0 Å². The predicted octanol–water partition coefficient (Wildman–Crippen LogP) is 12.9. The Hall–Kier alpha value is -6.58. The summed E-state index contributed by atoms with van der Waals surface area (Å²) in [7, 11) is 0. The molecule has 1 unspecified atom stereocenters. The molecule has 248 valence electrons. The van der Waals surface area contributed by atoms with E-state index >= 15 is 0 Å². The maximum Gasteiger partial charge on any atom is 0.138 e. The second-order valence-corrected chi connectivity index (χ2v) is 13.3. The molecule has 3 nitrogen and oxygen atoms in total. The summed E-state index contributed by atoms with van der Waals surface area (Å²) >= 11 is 0. The van der Waals surface area contributed by atoms with Crippen LogP contribution in [0, 0.1) is 0 Å². The first-order valence-corrected chi connectivity index (χ1v) is 17.8. The number of allylic oxidation sites excluding steroid dienone is 1. The molecule has 1 atom stereocenters. The quantitative estimate of drug-likeness (QED) is 0.170. The standard InChI is InChI=1S/C49H36N2O/c1-3-14-33-19-13-22-39(38(33)4-2)34-25-23-32(24-26-34)37-27-28-47-42(29-37)43-30-44(40-20-11-12-21-41(40)48(43)52-47)49-50-45(35-15-7-5-8-16-35)31-46(51-49)36-17-9-6-10-18-36/h3-29,31,44H,2,30H2,1H3/b14-3-. The SMILES string of the molecule is C=Cc1c(/C=C\C)cccc1-c1ccc(-c2ccc3oc4c(c3c2)CC(c2nc(-c3ccccc3)cc(-c3ccccc3)n2)c2ccccc2-4)cc1. The van der Waals surface area contributed by atoms with Crippen LogP contribution in [0.15, 0.2) is 169 Å². The molecule has 0 amide bonds. The summed E-state index contributed by atoms with van der Waals surface area (Å²) in [5, 5.41) is 1.13. The average molecular weight is 669 g/mol. The second-order valence-electron chi connectivity index (χ2n) is 13.3. The van der Waals surface area contributed by atoms with E-state index < -0.39 is 0 Å². The monoisotopic (exact) mass is 668 g/mol. The van der Waals surface area contributed by atoms with E-state index in [4.69, 9.17) is 14.4 Å². The van der Waals surface area contributed by atoms with Crippen LogP contribution in [0.4, 0.5) is 0 Å². The molecule has 0 N–H and O–H groups in total. The Morgan fingerprint density at radius 2 is 1.25 bits per heavy atom. The maximum atomic E-state index is 6.66. The van der Waals surface area contributed by atoms with Gasteiger partial charge in [0.15, 0.2) is 0 Å². The molecule has 3 heteroatoms. The summed E-state index contributed by atoms with van der Waals surface area (Å²) in [5.74, 6) is 1.71. The Morgan fingerprint density at radius 3 is 1.94 bits per heavy atom. The van der Waals surface area contributed by atoms with Crippen molar-refractivity contribution >= 4 is 23.1 Å². The highest BCUT2D eigenvalue weighted by atomic mass is 16.3. The minimum atomic E-state index is -0.0454. The Kier molecular flexibility index (Phi) is 8.02. The summed E-state index contributed by atoms with van der Waals surface area (Å²) < 4.78 is 6.66. The first-order chi connectivity index (χ1) is 25.7. The summed E-state index contributed by atoms with van der Waals surface area (Å²) in [4.78, 5) is 10.5. The Bertz CT molecular complexity index is 2560. The molecule has 2 aromatic heterocycles. The van der Waals surface area contributed by atoms with E-state index in [1.54, 1.807) is 0 Å². The fourth-order valence-electron chi connectivity index (χ4n) is 7.67. The fraction of sp³-hybridized carbons (Fsp3) is 0.0612. The smallest absolute Gasteiger partial charge is 0.138 e. The van der Waals surface area contributed by atoms with Crippen molar-refractivity contribution in [2.45, 2.75) is 19.3 Å². The van der Waals surface area contributed by atoms with E-state index in [-0.39, 0.29) is 5.92 Å². The van der Waals surface area contributed by atoms with Crippen molar-refractivity contribution in [1.82, 2.24) is 9.97 Å². The van der Waals surface area contributed by atoms with Crippen molar-refractivity contribution in [2.24, 2.45) is 0 Å². The minimum Gasteiger partial charge on any atom is -0.456 e. The first-order valence-electron chi connectivity index (χ1n) is 17.8. The van der Waals surface area contributed by atoms with Crippen LogP contribution in [0.1, 0.15) is 40.9 Å². The van der Waals surface area contributed by atoms with Gasteiger partial charge in [0.1, 0.15) is 17.2 Å². The molecule has 8 aromatic rings. The molecule has 6 aromatic carbocycles. The molecule has 9 rings (SSSR count). The predicted molar refractivity (Wildman–Crippen MR) is 216 cm³/mol. The number of rotatable bonds is 7. The number of nitrogens with zero attached hydrogens (tertiary/aromatic N) is 2. The van der Waals surface area contributed by atoms with Crippen molar-refractivity contribution < 1.29 is 4.42 Å². The highest BCUT2D eigenvalue weighted by molar-refractivity contribution is 5.93. The Balaban J connectivity index is 1.13. The van der Waals surface area contributed by atoms with Gasteiger partial charge in [-0.1, -0.05) is 158 Å². The van der Waals surface area contributed by atoms with Crippen LogP contribution in [-0.4, -0.2) is 9.97 Å². The van der Waals surface area contributed by atoms with Crippen LogP contribution in [0.5, 0.6) is 0 Å². The third kappa shape index (κ3) is 5.57. The van der Waals surface area contributed by atoms with Crippen LogP contribution in [-0.2, 0) is 6.42 Å². The van der Waals surface area contributed by atoms with Gasteiger partial charge >= 0.3 is 0 Å². The molecule has 52 heavy (non-hydrogen) atoms. The van der Waals surface area contributed by atoms with Crippen molar-refractivity contribution in [3.8, 4) is 56.1 Å². The lowest BCUT2D eigenvalue weighted by Crippen LogP contribution is -2.15. The number of fused-ring (bicyclic) bond motifs is 5. The lowest BCUT2D eigenvalue weighted by Gasteiger charge is -2.25. The second kappa shape index (κ2) is 13.3. The zero-order valence-corrected chi connectivity index (χ0v) is 29.0. The van der Waals surface area contributed by atoms with Gasteiger partial charge in [0.2, 0.25) is 0 Å². The fourth-order valence-corrected chi connectivity index (χ4v) is 7.67. The van der Waals surface area contributed by atoms with Crippen LogP contribution in [0.25, 0.3) is 79.2 Å². The zero-order chi connectivity index (χ0) is 35.0. The van der Waals surface area contributed by atoms with Gasteiger partial charge in [-0.15, -0.1) is 0 Å². The van der Waals surface area contributed by atoms with E-state index in [1.807, 2.05) is 25.1 Å². The van der Waals surface area contributed by atoms with Gasteiger partial charge in [-0.2, -0.15) is 0 Å². The molecule has 0 saturated carbocycles. The van der Waals surface area contributed by atoms with Crippen molar-refractivity contribution in [1.29, 1.82) is 0 Å². The summed E-state index contributed by atoms with van der Waals surface area (Å²) in [5.41, 5.74) is 15.3. The number of furan rings is 1. The van der Waals surface area contributed by atoms with Gasteiger partial charge in [0, 0.05) is 33.6 Å². The number of hydrogen-bond acceptors (Lipinski definition) is 3. The van der Waals surface area contributed by atoms with E-state index in [0.717, 1.165) is 73.7 Å². The molecular weight excluding hydrogens is 633 g/mol. The third-order valence-corrected chi connectivity index (χ3v) is 10.2. The van der Waals surface area contributed by atoms with Crippen LogP contribution in [0.2, 0.25) is 0 Å². The maximum absolute atomic E-state index is 6.66. The van der Waals surface area contributed by atoms with Gasteiger partial charge in [-0.25, -0.2) is 9.97 Å². The van der Waals surface area contributed by atoms with Crippen LogP contribution >= 0.6 is 0 Å². The van der Waals surface area contributed by atoms with Gasteiger partial charge in [0.05, 0.1) is 11.4 Å². The first kappa shape index (κ1) is 31.4. The van der Waals surface area contributed by atoms with Crippen LogP contribution in [0.3, 0.4) is 0 Å². The van der Waals surface area contributed by atoms with E-state index in [1.165, 1.54) is 27.8 Å². The Morgan fingerprint density at radius 1 is 0.615 bits per heavy atom. The van der Waals surface area contributed by atoms with Crippen molar-refractivity contribution in [3.63, 3.8) is 0 Å². The summed E-state index contributed by atoms with van der Waals surface area (Å²) in [6, 6.07) is 53.3. The molecule has 1 aliphatic rings. The molecule has 0 radical (unpaired) electrons. The average Bonchev–Trinajstić information content (AvgIpc) is 3.59. The van der Waals surface area contributed by atoms with Crippen molar-refractivity contribution in [3.05, 3.63) is 192 Å². The minimum absolute atomic E-state index is 0.0454. The molecule has 1 aliphatic carbocycles. The van der Waals surface area contributed by atoms with Gasteiger partial charge in [-0.3, -0.25) is 0 Å². The Labute approximate surface area is 304 Å². The topological polar surface area (TPSA) is 38.9 Å². The van der Waals surface area contributed by atoms with E-state index in [9.17, 15) is 0 Å².